The minimum absolute atomic E-state index is 0.0409. The second kappa shape index (κ2) is 7.31. The number of carbonyl (C=O) groups excluding carboxylic acids is 2. The summed E-state index contributed by atoms with van der Waals surface area (Å²) in [6, 6.07) is 3.45. The standard InChI is InChI=1S/C13H13BrClNO4/c1-7-9(5-4-8(14)12(7)15)16-10(13(18)20-3)6-11(17)19-2/h4-6,16H,1-3H3/b10-6+. The molecule has 0 atom stereocenters. The SMILES string of the molecule is COC(=O)/C=C(/Nc1ccc(Br)c(Cl)c1C)C(=O)OC. The number of anilines is 1. The Morgan fingerprint density at radius 1 is 1.30 bits per heavy atom. The second-order valence-electron chi connectivity index (χ2n) is 3.73. The van der Waals surface area contributed by atoms with Crippen LogP contribution in [0.3, 0.4) is 0 Å². The Bertz CT molecular complexity index is 572. The molecule has 0 unspecified atom stereocenters. The first-order valence-electron chi connectivity index (χ1n) is 5.50. The van der Waals surface area contributed by atoms with E-state index in [2.05, 4.69) is 30.7 Å². The highest BCUT2D eigenvalue weighted by Gasteiger charge is 2.15. The van der Waals surface area contributed by atoms with Crippen molar-refractivity contribution in [1.29, 1.82) is 0 Å². The van der Waals surface area contributed by atoms with Gasteiger partial charge in [-0.2, -0.15) is 0 Å². The van der Waals surface area contributed by atoms with E-state index < -0.39 is 11.9 Å². The summed E-state index contributed by atoms with van der Waals surface area (Å²) in [5.74, 6) is -1.35. The predicted molar refractivity (Wildman–Crippen MR) is 79.6 cm³/mol. The largest absolute Gasteiger partial charge is 0.466 e. The highest BCUT2D eigenvalue weighted by Crippen LogP contribution is 2.31. The van der Waals surface area contributed by atoms with Gasteiger partial charge in [0.05, 0.1) is 25.3 Å². The summed E-state index contributed by atoms with van der Waals surface area (Å²) in [6.07, 6.45) is 1.02. The summed E-state index contributed by atoms with van der Waals surface area (Å²) >= 11 is 9.40. The molecule has 0 aromatic heterocycles. The lowest BCUT2D eigenvalue weighted by molar-refractivity contribution is -0.138. The number of hydrogen-bond donors (Lipinski definition) is 1. The number of rotatable bonds is 4. The Morgan fingerprint density at radius 2 is 1.95 bits per heavy atom. The predicted octanol–water partition coefficient (Wildman–Crippen LogP) is 3.05. The van der Waals surface area contributed by atoms with Gasteiger partial charge in [-0.3, -0.25) is 0 Å². The van der Waals surface area contributed by atoms with E-state index in [-0.39, 0.29) is 5.70 Å². The van der Waals surface area contributed by atoms with E-state index in [0.717, 1.165) is 16.1 Å². The molecule has 5 nitrogen and oxygen atoms in total. The van der Waals surface area contributed by atoms with Crippen LogP contribution in [0.2, 0.25) is 5.02 Å². The van der Waals surface area contributed by atoms with Crippen LogP contribution in [-0.4, -0.2) is 26.2 Å². The minimum atomic E-state index is -0.686. The fourth-order valence-electron chi connectivity index (χ4n) is 1.37. The molecule has 0 radical (unpaired) electrons. The molecule has 0 saturated carbocycles. The molecule has 0 aliphatic carbocycles. The van der Waals surface area contributed by atoms with E-state index in [1.807, 2.05) is 0 Å². The van der Waals surface area contributed by atoms with Crippen LogP contribution in [0.25, 0.3) is 0 Å². The van der Waals surface area contributed by atoms with Gasteiger partial charge in [0, 0.05) is 10.2 Å². The van der Waals surface area contributed by atoms with Crippen LogP contribution in [0.15, 0.2) is 28.4 Å². The monoisotopic (exact) mass is 361 g/mol. The molecule has 1 rings (SSSR count). The van der Waals surface area contributed by atoms with E-state index >= 15 is 0 Å². The maximum Gasteiger partial charge on any atom is 0.354 e. The van der Waals surface area contributed by atoms with Crippen LogP contribution < -0.4 is 5.32 Å². The Hall–Kier alpha value is -1.53. The van der Waals surface area contributed by atoms with Crippen molar-refractivity contribution in [2.24, 2.45) is 0 Å². The third-order valence-corrected chi connectivity index (χ3v) is 3.85. The van der Waals surface area contributed by atoms with Crippen molar-refractivity contribution < 1.29 is 19.1 Å². The summed E-state index contributed by atoms with van der Waals surface area (Å²) in [7, 11) is 2.44. The third-order valence-electron chi connectivity index (χ3n) is 2.48. The van der Waals surface area contributed by atoms with Crippen LogP contribution >= 0.6 is 27.5 Å². The van der Waals surface area contributed by atoms with Gasteiger partial charge in [0.2, 0.25) is 0 Å². The maximum atomic E-state index is 11.6. The number of benzene rings is 1. The summed E-state index contributed by atoms with van der Waals surface area (Å²) in [6.45, 7) is 1.78. The Balaban J connectivity index is 3.14. The van der Waals surface area contributed by atoms with Crippen molar-refractivity contribution in [3.8, 4) is 0 Å². The molecular formula is C13H13BrClNO4. The van der Waals surface area contributed by atoms with E-state index in [1.54, 1.807) is 19.1 Å². The van der Waals surface area contributed by atoms with Gasteiger partial charge >= 0.3 is 11.9 Å². The summed E-state index contributed by atoms with van der Waals surface area (Å²) in [5, 5.41) is 3.32. The van der Waals surface area contributed by atoms with Crippen LogP contribution in [0.5, 0.6) is 0 Å². The third kappa shape index (κ3) is 3.98. The number of methoxy groups -OCH3 is 2. The average Bonchev–Trinajstić information content (AvgIpc) is 2.45. The number of ether oxygens (including phenoxy) is 2. The van der Waals surface area contributed by atoms with Gasteiger partial charge < -0.3 is 14.8 Å². The smallest absolute Gasteiger partial charge is 0.354 e. The van der Waals surface area contributed by atoms with Crippen molar-refractivity contribution in [3.63, 3.8) is 0 Å². The highest BCUT2D eigenvalue weighted by molar-refractivity contribution is 9.10. The van der Waals surface area contributed by atoms with Gasteiger partial charge in [-0.15, -0.1) is 0 Å². The zero-order chi connectivity index (χ0) is 15.3. The molecule has 108 valence electrons. The quantitative estimate of drug-likeness (QED) is 0.659. The van der Waals surface area contributed by atoms with Crippen molar-refractivity contribution in [3.05, 3.63) is 39.0 Å². The first-order valence-corrected chi connectivity index (χ1v) is 6.67. The zero-order valence-electron chi connectivity index (χ0n) is 11.1. The van der Waals surface area contributed by atoms with Crippen molar-refractivity contribution in [2.45, 2.75) is 6.92 Å². The molecule has 0 amide bonds. The molecule has 0 fully saturated rings. The number of halogens is 2. The van der Waals surface area contributed by atoms with E-state index in [0.29, 0.717) is 10.7 Å². The van der Waals surface area contributed by atoms with E-state index in [9.17, 15) is 9.59 Å². The lowest BCUT2D eigenvalue weighted by Gasteiger charge is -2.13. The normalized spacial score (nSPS) is 10.9. The van der Waals surface area contributed by atoms with Crippen LogP contribution in [0.4, 0.5) is 5.69 Å². The van der Waals surface area contributed by atoms with E-state index in [1.165, 1.54) is 14.2 Å². The molecule has 1 aromatic carbocycles. The molecule has 0 aliphatic heterocycles. The number of esters is 2. The first kappa shape index (κ1) is 16.5. The van der Waals surface area contributed by atoms with Crippen LogP contribution in [0.1, 0.15) is 5.56 Å². The van der Waals surface area contributed by atoms with Gasteiger partial charge in [-0.05, 0) is 40.5 Å². The summed E-state index contributed by atoms with van der Waals surface area (Å²) in [4.78, 5) is 22.9. The Kier molecular flexibility index (Phi) is 6.04. The molecule has 0 spiro atoms. The molecule has 7 heteroatoms. The fraction of sp³-hybridized carbons (Fsp3) is 0.231. The van der Waals surface area contributed by atoms with Crippen molar-refractivity contribution >= 4 is 45.2 Å². The number of hydrogen-bond acceptors (Lipinski definition) is 5. The van der Waals surface area contributed by atoms with Gasteiger partial charge in [-0.25, -0.2) is 9.59 Å². The summed E-state index contributed by atoms with van der Waals surface area (Å²) < 4.78 is 9.83. The molecule has 0 saturated heterocycles. The molecule has 1 N–H and O–H groups in total. The van der Waals surface area contributed by atoms with E-state index in [4.69, 9.17) is 11.6 Å². The molecule has 1 aromatic rings. The maximum absolute atomic E-state index is 11.6. The fourth-order valence-corrected chi connectivity index (χ4v) is 1.96. The summed E-state index contributed by atoms with van der Waals surface area (Å²) in [5.41, 5.74) is 1.26. The molecule has 20 heavy (non-hydrogen) atoms. The van der Waals surface area contributed by atoms with Gasteiger partial charge in [0.1, 0.15) is 5.70 Å². The Morgan fingerprint density at radius 3 is 2.50 bits per heavy atom. The molecule has 0 aliphatic rings. The number of carbonyl (C=O) groups is 2. The topological polar surface area (TPSA) is 64.6 Å². The van der Waals surface area contributed by atoms with Gasteiger partial charge in [0.15, 0.2) is 0 Å². The van der Waals surface area contributed by atoms with Gasteiger partial charge in [-0.1, -0.05) is 11.6 Å². The zero-order valence-corrected chi connectivity index (χ0v) is 13.5. The van der Waals surface area contributed by atoms with Crippen molar-refractivity contribution in [1.82, 2.24) is 0 Å². The average molecular weight is 363 g/mol. The lowest BCUT2D eigenvalue weighted by atomic mass is 10.2. The van der Waals surface area contributed by atoms with Crippen LogP contribution in [0, 0.1) is 6.92 Å². The van der Waals surface area contributed by atoms with Crippen LogP contribution in [-0.2, 0) is 19.1 Å². The molecular weight excluding hydrogens is 350 g/mol. The molecule has 0 bridgehead atoms. The Labute approximate surface area is 130 Å². The minimum Gasteiger partial charge on any atom is -0.466 e. The number of nitrogens with one attached hydrogen (secondary N) is 1. The molecule has 0 heterocycles. The second-order valence-corrected chi connectivity index (χ2v) is 4.96. The highest BCUT2D eigenvalue weighted by atomic mass is 79.9. The first-order chi connectivity index (χ1) is 9.40. The van der Waals surface area contributed by atoms with Gasteiger partial charge in [0.25, 0.3) is 0 Å². The van der Waals surface area contributed by atoms with Crippen molar-refractivity contribution in [2.75, 3.05) is 19.5 Å². The lowest BCUT2D eigenvalue weighted by Crippen LogP contribution is -2.16.